The first kappa shape index (κ1) is 24.4. The SMILES string of the molecule is CC[C@@H](C)[C@@H](NC(=O)OC(C)(C)C)C(=O)Oc1ccc2c(=O)c(-c3csc(C)n3)coc2c1. The lowest BCUT2D eigenvalue weighted by Crippen LogP contribution is -2.48. The smallest absolute Gasteiger partial charge is 0.408 e. The number of aryl methyl sites for hydroxylation is 1. The molecule has 0 spiro atoms. The summed E-state index contributed by atoms with van der Waals surface area (Å²) in [6.45, 7) is 10.8. The van der Waals surface area contributed by atoms with Gasteiger partial charge < -0.3 is 19.2 Å². The summed E-state index contributed by atoms with van der Waals surface area (Å²) in [4.78, 5) is 42.3. The number of esters is 1. The van der Waals surface area contributed by atoms with Gasteiger partial charge in [0.25, 0.3) is 0 Å². The molecule has 9 heteroatoms. The predicted octanol–water partition coefficient (Wildman–Crippen LogP) is 5.07. The van der Waals surface area contributed by atoms with Crippen molar-refractivity contribution >= 4 is 34.4 Å². The number of nitrogens with zero attached hydrogens (tertiary/aromatic N) is 1. The average molecular weight is 473 g/mol. The lowest BCUT2D eigenvalue weighted by atomic mass is 9.99. The molecular weight excluding hydrogens is 444 g/mol. The number of carbonyl (C=O) groups is 2. The van der Waals surface area contributed by atoms with Crippen LogP contribution in [0.2, 0.25) is 0 Å². The van der Waals surface area contributed by atoms with Crippen molar-refractivity contribution in [3.05, 3.63) is 45.1 Å². The molecule has 2 heterocycles. The van der Waals surface area contributed by atoms with Gasteiger partial charge in [-0.1, -0.05) is 20.3 Å². The highest BCUT2D eigenvalue weighted by molar-refractivity contribution is 7.09. The molecular formula is C24H28N2O6S. The Kier molecular flexibility index (Phi) is 7.22. The summed E-state index contributed by atoms with van der Waals surface area (Å²) >= 11 is 1.45. The van der Waals surface area contributed by atoms with E-state index in [4.69, 9.17) is 13.9 Å². The van der Waals surface area contributed by atoms with E-state index in [1.807, 2.05) is 20.8 Å². The zero-order valence-electron chi connectivity index (χ0n) is 19.6. The lowest BCUT2D eigenvalue weighted by Gasteiger charge is -2.25. The lowest BCUT2D eigenvalue weighted by molar-refractivity contribution is -0.138. The number of hydrogen-bond acceptors (Lipinski definition) is 8. The predicted molar refractivity (Wildman–Crippen MR) is 127 cm³/mol. The van der Waals surface area contributed by atoms with Crippen molar-refractivity contribution in [3.63, 3.8) is 0 Å². The van der Waals surface area contributed by atoms with Gasteiger partial charge in [-0.3, -0.25) is 4.79 Å². The van der Waals surface area contributed by atoms with E-state index in [1.165, 1.54) is 29.7 Å². The van der Waals surface area contributed by atoms with E-state index in [2.05, 4.69) is 10.3 Å². The first-order valence-corrected chi connectivity index (χ1v) is 11.6. The summed E-state index contributed by atoms with van der Waals surface area (Å²) < 4.78 is 16.4. The second kappa shape index (κ2) is 9.74. The largest absolute Gasteiger partial charge is 0.463 e. The summed E-state index contributed by atoms with van der Waals surface area (Å²) in [5.41, 5.74) is 0.299. The highest BCUT2D eigenvalue weighted by Crippen LogP contribution is 2.25. The summed E-state index contributed by atoms with van der Waals surface area (Å²) in [5, 5.41) is 5.60. The molecule has 0 radical (unpaired) electrons. The molecule has 0 bridgehead atoms. The molecule has 176 valence electrons. The van der Waals surface area contributed by atoms with Gasteiger partial charge in [0.15, 0.2) is 0 Å². The van der Waals surface area contributed by atoms with Crippen molar-refractivity contribution in [2.45, 2.75) is 59.6 Å². The van der Waals surface area contributed by atoms with Crippen molar-refractivity contribution in [1.29, 1.82) is 0 Å². The van der Waals surface area contributed by atoms with Gasteiger partial charge in [0.2, 0.25) is 5.43 Å². The van der Waals surface area contributed by atoms with Gasteiger partial charge in [0.1, 0.15) is 29.2 Å². The molecule has 0 fully saturated rings. The zero-order chi connectivity index (χ0) is 24.3. The van der Waals surface area contributed by atoms with Crippen LogP contribution in [0.25, 0.3) is 22.2 Å². The van der Waals surface area contributed by atoms with Crippen molar-refractivity contribution in [2.75, 3.05) is 0 Å². The van der Waals surface area contributed by atoms with Crippen molar-refractivity contribution < 1.29 is 23.5 Å². The van der Waals surface area contributed by atoms with E-state index in [0.29, 0.717) is 23.1 Å². The van der Waals surface area contributed by atoms with Crippen LogP contribution in [-0.2, 0) is 9.53 Å². The number of nitrogens with one attached hydrogen (secondary N) is 1. The molecule has 2 aromatic heterocycles. The van der Waals surface area contributed by atoms with Crippen LogP contribution in [0, 0.1) is 12.8 Å². The average Bonchev–Trinajstić information content (AvgIpc) is 3.16. The van der Waals surface area contributed by atoms with E-state index in [9.17, 15) is 14.4 Å². The van der Waals surface area contributed by atoms with Crippen molar-refractivity contribution in [3.8, 4) is 17.0 Å². The van der Waals surface area contributed by atoms with Crippen LogP contribution in [0.1, 0.15) is 46.0 Å². The van der Waals surface area contributed by atoms with Crippen LogP contribution in [0.4, 0.5) is 4.79 Å². The monoisotopic (exact) mass is 472 g/mol. The number of hydrogen-bond donors (Lipinski definition) is 1. The van der Waals surface area contributed by atoms with Crippen LogP contribution in [-0.4, -0.2) is 28.7 Å². The van der Waals surface area contributed by atoms with Crippen molar-refractivity contribution in [2.24, 2.45) is 5.92 Å². The number of carbonyl (C=O) groups excluding carboxylic acids is 2. The van der Waals surface area contributed by atoms with Crippen LogP contribution >= 0.6 is 11.3 Å². The molecule has 33 heavy (non-hydrogen) atoms. The van der Waals surface area contributed by atoms with E-state index in [1.54, 1.807) is 32.2 Å². The molecule has 1 N–H and O–H groups in total. The molecule has 0 saturated heterocycles. The summed E-state index contributed by atoms with van der Waals surface area (Å²) in [5.74, 6) is -0.619. The third-order valence-electron chi connectivity index (χ3n) is 5.00. The number of fused-ring (bicyclic) bond motifs is 1. The Labute approximate surface area is 195 Å². The Morgan fingerprint density at radius 1 is 1.27 bits per heavy atom. The zero-order valence-corrected chi connectivity index (χ0v) is 20.4. The minimum absolute atomic E-state index is 0.187. The number of aromatic nitrogens is 1. The number of benzene rings is 1. The summed E-state index contributed by atoms with van der Waals surface area (Å²) in [7, 11) is 0. The molecule has 0 aliphatic rings. The van der Waals surface area contributed by atoms with Gasteiger partial charge in [-0.2, -0.15) is 0 Å². The Morgan fingerprint density at radius 2 is 2.00 bits per heavy atom. The number of rotatable bonds is 6. The van der Waals surface area contributed by atoms with Gasteiger partial charge >= 0.3 is 12.1 Å². The van der Waals surface area contributed by atoms with Gasteiger partial charge in [-0.05, 0) is 45.7 Å². The second-order valence-electron chi connectivity index (χ2n) is 8.82. The topological polar surface area (TPSA) is 108 Å². The number of alkyl carbamates (subject to hydrolysis) is 1. The van der Waals surface area contributed by atoms with Crippen LogP contribution < -0.4 is 15.5 Å². The number of thiazole rings is 1. The molecule has 3 rings (SSSR count). The van der Waals surface area contributed by atoms with Crippen LogP contribution in [0.5, 0.6) is 5.75 Å². The normalized spacial score (nSPS) is 13.4. The fourth-order valence-electron chi connectivity index (χ4n) is 3.12. The summed E-state index contributed by atoms with van der Waals surface area (Å²) in [6, 6.07) is 3.65. The number of amides is 1. The maximum Gasteiger partial charge on any atom is 0.408 e. The van der Waals surface area contributed by atoms with Gasteiger partial charge in [0, 0.05) is 11.4 Å². The maximum absolute atomic E-state index is 12.9. The maximum atomic E-state index is 12.9. The van der Waals surface area contributed by atoms with E-state index in [0.717, 1.165) is 5.01 Å². The van der Waals surface area contributed by atoms with Crippen LogP contribution in [0.3, 0.4) is 0 Å². The highest BCUT2D eigenvalue weighted by Gasteiger charge is 2.30. The molecule has 0 unspecified atom stereocenters. The third kappa shape index (κ3) is 5.98. The molecule has 2 atom stereocenters. The Morgan fingerprint density at radius 3 is 2.61 bits per heavy atom. The molecule has 0 aliphatic carbocycles. The minimum Gasteiger partial charge on any atom is -0.463 e. The Hall–Kier alpha value is -3.20. The molecule has 0 saturated carbocycles. The molecule has 0 aliphatic heterocycles. The van der Waals surface area contributed by atoms with Gasteiger partial charge in [-0.15, -0.1) is 11.3 Å². The fourth-order valence-corrected chi connectivity index (χ4v) is 3.73. The van der Waals surface area contributed by atoms with Crippen molar-refractivity contribution in [1.82, 2.24) is 10.3 Å². The van der Waals surface area contributed by atoms with Crippen LogP contribution in [0.15, 0.2) is 39.1 Å². The number of ether oxygens (including phenoxy) is 2. The second-order valence-corrected chi connectivity index (χ2v) is 9.88. The standard InChI is InChI=1S/C24H28N2O6S/c1-7-13(2)20(26-23(29)32-24(4,5)6)22(28)31-15-8-9-16-19(10-15)30-11-17(21(16)27)18-12-33-14(3)25-18/h8-13,20H,7H2,1-6H3,(H,26,29)/t13-,20-/m1/s1. The van der Waals surface area contributed by atoms with Gasteiger partial charge in [-0.25, -0.2) is 14.6 Å². The van der Waals surface area contributed by atoms with E-state index < -0.39 is 23.7 Å². The molecule has 1 amide bonds. The first-order chi connectivity index (χ1) is 15.5. The Bertz CT molecular complexity index is 1220. The summed E-state index contributed by atoms with van der Waals surface area (Å²) in [6.07, 6.45) is 1.30. The fraction of sp³-hybridized carbons (Fsp3) is 0.417. The molecule has 8 nitrogen and oxygen atoms in total. The Balaban J connectivity index is 1.82. The minimum atomic E-state index is -0.900. The molecule has 3 aromatic rings. The molecule has 1 aromatic carbocycles. The van der Waals surface area contributed by atoms with Gasteiger partial charge in [0.05, 0.1) is 21.7 Å². The van der Waals surface area contributed by atoms with E-state index >= 15 is 0 Å². The quantitative estimate of drug-likeness (QED) is 0.394. The first-order valence-electron chi connectivity index (χ1n) is 10.7. The highest BCUT2D eigenvalue weighted by atomic mass is 32.1. The third-order valence-corrected chi connectivity index (χ3v) is 5.77. The van der Waals surface area contributed by atoms with E-state index in [-0.39, 0.29) is 22.7 Å².